The van der Waals surface area contributed by atoms with Crippen LogP contribution in [0.4, 0.5) is 13.2 Å². The van der Waals surface area contributed by atoms with Gasteiger partial charge in [0.1, 0.15) is 37.1 Å². The largest absolute Gasteiger partial charge is 0.741 e. The quantitative estimate of drug-likeness (QED) is 0.0525. The third-order valence-electron chi connectivity index (χ3n) is 13.3. The Morgan fingerprint density at radius 1 is 0.347 bits per heavy atom. The van der Waals surface area contributed by atoms with Crippen LogP contribution >= 0.6 is 0 Å². The summed E-state index contributed by atoms with van der Waals surface area (Å²) in [6, 6.07) is 84.2. The van der Waals surface area contributed by atoms with E-state index in [9.17, 15) is 13.2 Å². The maximum absolute atomic E-state index is 10.7. The Balaban J connectivity index is 0.000000698. The highest BCUT2D eigenvalue weighted by atomic mass is 32.2. The molecule has 370 valence electrons. The van der Waals surface area contributed by atoms with Crippen molar-refractivity contribution in [2.45, 2.75) is 40.0 Å². The summed E-state index contributed by atoms with van der Waals surface area (Å²) in [5.41, 5.74) is -2.05. The second-order valence-corrected chi connectivity index (χ2v) is 21.3. The first kappa shape index (κ1) is 48.9. The first-order chi connectivity index (χ1) is 36.4. The van der Waals surface area contributed by atoms with Crippen LogP contribution in [-0.2, 0) is 40.8 Å². The van der Waals surface area contributed by atoms with E-state index < -0.39 is 26.5 Å². The van der Waals surface area contributed by atoms with Crippen LogP contribution in [0.25, 0.3) is 64.6 Å². The van der Waals surface area contributed by atoms with Gasteiger partial charge in [0, 0.05) is 16.7 Å². The van der Waals surface area contributed by atoms with Crippen molar-refractivity contribution in [2.24, 2.45) is 0 Å². The van der Waals surface area contributed by atoms with Crippen molar-refractivity contribution >= 4 is 85.6 Å². The van der Waals surface area contributed by atoms with Crippen molar-refractivity contribution < 1.29 is 40.4 Å². The highest BCUT2D eigenvalue weighted by molar-refractivity contribution is 7.97. The monoisotopic (exact) mass is 1030 g/mol. The molecule has 0 fully saturated rings. The molecule has 0 saturated carbocycles. The van der Waals surface area contributed by atoms with E-state index in [1.165, 1.54) is 96.0 Å². The number of halogens is 3. The van der Waals surface area contributed by atoms with Crippen LogP contribution in [0.5, 0.6) is 17.2 Å². The van der Waals surface area contributed by atoms with E-state index in [0.717, 1.165) is 17.2 Å². The summed E-state index contributed by atoms with van der Waals surface area (Å²) in [5, 5.41) is 14.6. The Labute approximate surface area is 434 Å². The van der Waals surface area contributed by atoms with Crippen molar-refractivity contribution in [3.63, 3.8) is 0 Å². The van der Waals surface area contributed by atoms with Gasteiger partial charge < -0.3 is 18.8 Å². The Hall–Kier alpha value is -8.35. The van der Waals surface area contributed by atoms with E-state index in [4.69, 9.17) is 27.2 Å². The zero-order valence-corrected chi connectivity index (χ0v) is 41.7. The van der Waals surface area contributed by atoms with Gasteiger partial charge in [-0.25, -0.2) is 8.42 Å². The molecule has 0 heterocycles. The molecule has 12 rings (SSSR count). The molecule has 0 aliphatic heterocycles. The number of alkyl halides is 3. The van der Waals surface area contributed by atoms with Crippen molar-refractivity contribution in [2.75, 3.05) is 0 Å². The summed E-state index contributed by atoms with van der Waals surface area (Å²) in [5.74, 6) is 2.50. The smallest absolute Gasteiger partial charge is 0.485 e. The highest BCUT2D eigenvalue weighted by Crippen LogP contribution is 2.37. The molecule has 6 nitrogen and oxygen atoms in total. The first-order valence-electron chi connectivity index (χ1n) is 24.1. The van der Waals surface area contributed by atoms with Gasteiger partial charge >= 0.3 is 5.51 Å². The zero-order chi connectivity index (χ0) is 51.5. The van der Waals surface area contributed by atoms with Crippen LogP contribution in [-0.4, -0.2) is 18.5 Å². The third-order valence-corrected chi connectivity index (χ3v) is 16.1. The summed E-state index contributed by atoms with van der Waals surface area (Å²) < 4.78 is 78.7. The molecular weight excluding hydrogens is 986 g/mol. The molecule has 0 atom stereocenters. The second-order valence-electron chi connectivity index (χ2n) is 17.9. The molecule has 11 heteroatoms. The maximum atomic E-state index is 10.7. The molecule has 0 bridgehead atoms. The van der Waals surface area contributed by atoms with E-state index >= 15 is 0 Å². The standard InChI is InChI=1S/C63H45O3S.CHF3O3S/c1-7-19-55-43(13-1)37-44-14-2-8-20-56(44)61(55)40-64-49-25-31-52(32-26-49)67(53-33-27-50(28-34-53)65-41-62-57-21-9-3-15-45(57)38-46-16-4-10-22-58(46)62)54-35-29-51(30-36-54)66-42-63-59-23-11-5-17-47(59)39-48-18-6-12-24-60(48)63;2-1(3,4)8(5,6)7/h1-39H,40-42H2;(H,5,6,7)/q+1;/p-1. The van der Waals surface area contributed by atoms with Gasteiger partial charge in [0.25, 0.3) is 0 Å². The van der Waals surface area contributed by atoms with Crippen molar-refractivity contribution in [1.29, 1.82) is 0 Å². The van der Waals surface area contributed by atoms with Gasteiger partial charge in [-0.3, -0.25) is 0 Å². The number of rotatable bonds is 12. The number of hydrogen-bond donors (Lipinski definition) is 0. The van der Waals surface area contributed by atoms with E-state index in [1.807, 2.05) is 0 Å². The fourth-order valence-electron chi connectivity index (χ4n) is 9.68. The van der Waals surface area contributed by atoms with Gasteiger partial charge in [0.15, 0.2) is 24.8 Å². The average Bonchev–Trinajstić information content (AvgIpc) is 3.43. The molecule has 12 aromatic carbocycles. The molecule has 0 aliphatic rings. The summed E-state index contributed by atoms with van der Waals surface area (Å²) in [4.78, 5) is 3.57. The molecule has 0 aromatic heterocycles. The molecule has 0 radical (unpaired) electrons. The molecule has 0 aliphatic carbocycles. The minimum Gasteiger partial charge on any atom is -0.741 e. The van der Waals surface area contributed by atoms with Crippen molar-refractivity contribution in [3.8, 4) is 17.2 Å². The summed E-state index contributed by atoms with van der Waals surface area (Å²) in [7, 11) is -6.53. The normalized spacial score (nSPS) is 11.9. The van der Waals surface area contributed by atoms with Crippen LogP contribution in [0.2, 0.25) is 0 Å². The Kier molecular flexibility index (Phi) is 13.6. The number of benzene rings is 12. The fraction of sp³-hybridized carbons (Fsp3) is 0.0625. The van der Waals surface area contributed by atoms with Gasteiger partial charge in [-0.15, -0.1) is 0 Å². The van der Waals surface area contributed by atoms with Crippen LogP contribution in [0.1, 0.15) is 16.7 Å². The summed E-state index contributed by atoms with van der Waals surface area (Å²) >= 11 is 0. The third kappa shape index (κ3) is 10.4. The molecule has 12 aromatic rings. The molecule has 0 N–H and O–H groups in total. The lowest BCUT2D eigenvalue weighted by molar-refractivity contribution is -0.0517. The van der Waals surface area contributed by atoms with Crippen LogP contribution in [0.3, 0.4) is 0 Å². The van der Waals surface area contributed by atoms with E-state index in [2.05, 4.69) is 237 Å². The Morgan fingerprint density at radius 3 is 0.747 bits per heavy atom. The van der Waals surface area contributed by atoms with Gasteiger partial charge in [0.05, 0.1) is 10.9 Å². The topological polar surface area (TPSA) is 84.9 Å². The molecule has 0 spiro atoms. The summed E-state index contributed by atoms with van der Waals surface area (Å²) in [6.45, 7) is 1.41. The first-order valence-corrected chi connectivity index (χ1v) is 26.7. The second kappa shape index (κ2) is 20.9. The molecule has 0 saturated heterocycles. The average molecular weight is 1030 g/mol. The Morgan fingerprint density at radius 2 is 0.547 bits per heavy atom. The molecule has 0 amide bonds. The SMILES string of the molecule is O=S(=O)([O-])C(F)(F)F.c1ccc2c(COc3ccc([S+](c4ccc(OCc5c6ccccc6cc6ccccc56)cc4)c4ccc(OCc5c6ccccc6cc6ccccc56)cc4)cc3)c3ccccc3cc2c1. The van der Waals surface area contributed by atoms with E-state index in [0.29, 0.717) is 19.8 Å². The van der Waals surface area contributed by atoms with Gasteiger partial charge in [-0.05, 0) is 156 Å². The lowest BCUT2D eigenvalue weighted by Gasteiger charge is -2.15. The number of fused-ring (bicyclic) bond motifs is 6. The van der Waals surface area contributed by atoms with Crippen LogP contribution in [0, 0.1) is 0 Å². The lowest BCUT2D eigenvalue weighted by Crippen LogP contribution is -2.21. The predicted octanol–water partition coefficient (Wildman–Crippen LogP) is 16.5. The lowest BCUT2D eigenvalue weighted by atomic mass is 9.97. The molecule has 0 unspecified atom stereocenters. The van der Waals surface area contributed by atoms with Gasteiger partial charge in [0.2, 0.25) is 0 Å². The predicted molar refractivity (Wildman–Crippen MR) is 295 cm³/mol. The van der Waals surface area contributed by atoms with Crippen molar-refractivity contribution in [3.05, 3.63) is 253 Å². The minimum atomic E-state index is -6.09. The fourth-order valence-corrected chi connectivity index (χ4v) is 11.7. The highest BCUT2D eigenvalue weighted by Gasteiger charge is 2.37. The van der Waals surface area contributed by atoms with E-state index in [-0.39, 0.29) is 0 Å². The van der Waals surface area contributed by atoms with Crippen LogP contribution in [0.15, 0.2) is 251 Å². The maximum Gasteiger partial charge on any atom is 0.485 e. The van der Waals surface area contributed by atoms with Crippen molar-refractivity contribution in [1.82, 2.24) is 0 Å². The van der Waals surface area contributed by atoms with E-state index in [1.54, 1.807) is 0 Å². The number of ether oxygens (including phenoxy) is 3. The molecule has 75 heavy (non-hydrogen) atoms. The molecular formula is C64H45F3O6S2. The summed E-state index contributed by atoms with van der Waals surface area (Å²) in [6.07, 6.45) is 0. The zero-order valence-electron chi connectivity index (χ0n) is 40.0. The van der Waals surface area contributed by atoms with Crippen LogP contribution < -0.4 is 14.2 Å². The minimum absolute atomic E-state index is 0.437. The van der Waals surface area contributed by atoms with Gasteiger partial charge in [-0.1, -0.05) is 146 Å². The van der Waals surface area contributed by atoms with Gasteiger partial charge in [-0.2, -0.15) is 13.2 Å². The Bertz CT molecular complexity index is 3590. The number of hydrogen-bond acceptors (Lipinski definition) is 6.